The predicted octanol–water partition coefficient (Wildman–Crippen LogP) is 0.368. The van der Waals surface area contributed by atoms with Crippen molar-refractivity contribution < 1.29 is 0 Å². The maximum Gasteiger partial charge on any atom is 0.346 e. The fourth-order valence-corrected chi connectivity index (χ4v) is 0.646. The van der Waals surface area contributed by atoms with Crippen molar-refractivity contribution in [2.45, 2.75) is 0 Å². The van der Waals surface area contributed by atoms with Crippen molar-refractivity contribution in [1.29, 1.82) is 0 Å². The number of aromatic nitrogens is 2. The molecule has 0 fully saturated rings. The van der Waals surface area contributed by atoms with Gasteiger partial charge in [0.2, 0.25) is 0 Å². The number of aromatic amines is 1. The molecule has 0 amide bonds. The molecule has 0 saturated heterocycles. The van der Waals surface area contributed by atoms with Gasteiger partial charge in [0, 0.05) is 12.7 Å². The van der Waals surface area contributed by atoms with Gasteiger partial charge in [-0.15, -0.1) is 6.58 Å². The number of hydrogen-bond donors (Lipinski definition) is 2. The molecule has 0 radical (unpaired) electrons. The second-order valence-electron chi connectivity index (χ2n) is 1.95. The van der Waals surface area contributed by atoms with E-state index < -0.39 is 0 Å². The standard InChI is InChI=1S/C7H9N3O/c1-2-4-8-6-3-5-9-7(11)10-6/h2-3,5H,1,4H2,(H2,8,9,10,11). The van der Waals surface area contributed by atoms with Crippen molar-refractivity contribution >= 4 is 5.82 Å². The van der Waals surface area contributed by atoms with Gasteiger partial charge in [0.1, 0.15) is 5.82 Å². The molecule has 4 heteroatoms. The minimum Gasteiger partial charge on any atom is -0.366 e. The third-order valence-corrected chi connectivity index (χ3v) is 1.10. The zero-order valence-corrected chi connectivity index (χ0v) is 6.00. The van der Waals surface area contributed by atoms with E-state index in [-0.39, 0.29) is 5.69 Å². The SMILES string of the molecule is C=CCNc1cc[nH]c(=O)n1. The van der Waals surface area contributed by atoms with Crippen LogP contribution in [-0.2, 0) is 0 Å². The molecule has 0 atom stereocenters. The summed E-state index contributed by atoms with van der Waals surface area (Å²) in [6.45, 7) is 4.13. The average Bonchev–Trinajstić information content (AvgIpc) is 2.01. The van der Waals surface area contributed by atoms with E-state index in [0.29, 0.717) is 12.4 Å². The van der Waals surface area contributed by atoms with Gasteiger partial charge in [-0.1, -0.05) is 6.08 Å². The van der Waals surface area contributed by atoms with Crippen molar-refractivity contribution in [3.63, 3.8) is 0 Å². The lowest BCUT2D eigenvalue weighted by Gasteiger charge is -1.98. The summed E-state index contributed by atoms with van der Waals surface area (Å²) in [5.74, 6) is 0.564. The van der Waals surface area contributed by atoms with Gasteiger partial charge in [0.15, 0.2) is 0 Å². The molecule has 1 heterocycles. The van der Waals surface area contributed by atoms with E-state index in [2.05, 4.69) is 21.9 Å². The van der Waals surface area contributed by atoms with Crippen molar-refractivity contribution in [3.8, 4) is 0 Å². The van der Waals surface area contributed by atoms with Crippen LogP contribution in [0.5, 0.6) is 0 Å². The number of hydrogen-bond acceptors (Lipinski definition) is 3. The molecule has 1 aromatic rings. The van der Waals surface area contributed by atoms with Gasteiger partial charge in [-0.25, -0.2) is 4.79 Å². The van der Waals surface area contributed by atoms with E-state index in [9.17, 15) is 4.79 Å². The highest BCUT2D eigenvalue weighted by Gasteiger charge is 1.89. The summed E-state index contributed by atoms with van der Waals surface area (Å²) in [5.41, 5.74) is -0.348. The van der Waals surface area contributed by atoms with E-state index in [1.165, 1.54) is 0 Å². The minimum absolute atomic E-state index is 0.348. The minimum atomic E-state index is -0.348. The van der Waals surface area contributed by atoms with E-state index in [1.807, 2.05) is 0 Å². The Kier molecular flexibility index (Phi) is 2.43. The number of nitrogens with one attached hydrogen (secondary N) is 2. The molecule has 58 valence electrons. The van der Waals surface area contributed by atoms with Gasteiger partial charge in [0.25, 0.3) is 0 Å². The Morgan fingerprint density at radius 3 is 3.27 bits per heavy atom. The molecule has 0 aliphatic rings. The summed E-state index contributed by atoms with van der Waals surface area (Å²) in [5, 5.41) is 2.89. The van der Waals surface area contributed by atoms with Crippen LogP contribution in [-0.4, -0.2) is 16.5 Å². The molecule has 0 bridgehead atoms. The second kappa shape index (κ2) is 3.55. The molecule has 0 spiro atoms. The third-order valence-electron chi connectivity index (χ3n) is 1.10. The largest absolute Gasteiger partial charge is 0.366 e. The molecule has 11 heavy (non-hydrogen) atoms. The van der Waals surface area contributed by atoms with Gasteiger partial charge in [-0.05, 0) is 6.07 Å². The Morgan fingerprint density at radius 1 is 1.82 bits per heavy atom. The topological polar surface area (TPSA) is 57.8 Å². The van der Waals surface area contributed by atoms with Crippen LogP contribution >= 0.6 is 0 Å². The van der Waals surface area contributed by atoms with E-state index in [4.69, 9.17) is 0 Å². The fraction of sp³-hybridized carbons (Fsp3) is 0.143. The Bertz CT molecular complexity index is 292. The van der Waals surface area contributed by atoms with Crippen LogP contribution in [0, 0.1) is 0 Å². The first kappa shape index (κ1) is 7.53. The Labute approximate surface area is 64.0 Å². The molecule has 1 aromatic heterocycles. The monoisotopic (exact) mass is 151 g/mol. The first-order valence-corrected chi connectivity index (χ1v) is 3.23. The van der Waals surface area contributed by atoms with Gasteiger partial charge in [-0.3, -0.25) is 0 Å². The summed E-state index contributed by atoms with van der Waals surface area (Å²) in [6, 6.07) is 1.69. The maximum atomic E-state index is 10.6. The number of rotatable bonds is 3. The van der Waals surface area contributed by atoms with Gasteiger partial charge in [-0.2, -0.15) is 4.98 Å². The van der Waals surface area contributed by atoms with Crippen LogP contribution < -0.4 is 11.0 Å². The van der Waals surface area contributed by atoms with Crippen molar-refractivity contribution in [1.82, 2.24) is 9.97 Å². The van der Waals surface area contributed by atoms with E-state index in [0.717, 1.165) is 0 Å². The van der Waals surface area contributed by atoms with Crippen molar-refractivity contribution in [2.24, 2.45) is 0 Å². The van der Waals surface area contributed by atoms with Crippen LogP contribution in [0.25, 0.3) is 0 Å². The number of H-pyrrole nitrogens is 1. The molecular weight excluding hydrogens is 142 g/mol. The lowest BCUT2D eigenvalue weighted by molar-refractivity contribution is 1.06. The zero-order valence-electron chi connectivity index (χ0n) is 6.00. The molecule has 1 rings (SSSR count). The molecule has 0 unspecified atom stereocenters. The smallest absolute Gasteiger partial charge is 0.346 e. The lowest BCUT2D eigenvalue weighted by atomic mass is 10.5. The number of anilines is 1. The van der Waals surface area contributed by atoms with Crippen LogP contribution in [0.1, 0.15) is 0 Å². The molecule has 0 aliphatic carbocycles. The van der Waals surface area contributed by atoms with Crippen LogP contribution in [0.4, 0.5) is 5.82 Å². The summed E-state index contributed by atoms with van der Waals surface area (Å²) >= 11 is 0. The second-order valence-corrected chi connectivity index (χ2v) is 1.95. The summed E-state index contributed by atoms with van der Waals surface area (Å²) in [4.78, 5) is 16.7. The van der Waals surface area contributed by atoms with E-state index in [1.54, 1.807) is 18.3 Å². The van der Waals surface area contributed by atoms with E-state index >= 15 is 0 Å². The normalized spacial score (nSPS) is 9.09. The molecule has 4 nitrogen and oxygen atoms in total. The van der Waals surface area contributed by atoms with Crippen molar-refractivity contribution in [3.05, 3.63) is 35.4 Å². The Morgan fingerprint density at radius 2 is 2.64 bits per heavy atom. The lowest BCUT2D eigenvalue weighted by Crippen LogP contribution is -2.12. The first-order valence-electron chi connectivity index (χ1n) is 3.23. The Hall–Kier alpha value is -1.58. The first-order chi connectivity index (χ1) is 5.33. The van der Waals surface area contributed by atoms with Gasteiger partial charge in [0.05, 0.1) is 0 Å². The van der Waals surface area contributed by atoms with Crippen LogP contribution in [0.3, 0.4) is 0 Å². The zero-order chi connectivity index (χ0) is 8.10. The molecule has 0 aliphatic heterocycles. The highest BCUT2D eigenvalue weighted by molar-refractivity contribution is 5.32. The van der Waals surface area contributed by atoms with Crippen LogP contribution in [0.2, 0.25) is 0 Å². The average molecular weight is 151 g/mol. The summed E-state index contributed by atoms with van der Waals surface area (Å²) < 4.78 is 0. The fourth-order valence-electron chi connectivity index (χ4n) is 0.646. The van der Waals surface area contributed by atoms with Gasteiger partial charge >= 0.3 is 5.69 Å². The third kappa shape index (κ3) is 2.25. The van der Waals surface area contributed by atoms with Crippen molar-refractivity contribution in [2.75, 3.05) is 11.9 Å². The van der Waals surface area contributed by atoms with Crippen LogP contribution in [0.15, 0.2) is 29.7 Å². The Balaban J connectivity index is 2.71. The molecule has 0 saturated carbocycles. The summed E-state index contributed by atoms with van der Waals surface area (Å²) in [7, 11) is 0. The molecule has 0 aromatic carbocycles. The number of nitrogens with zero attached hydrogens (tertiary/aromatic N) is 1. The maximum absolute atomic E-state index is 10.6. The molecule has 2 N–H and O–H groups in total. The highest BCUT2D eigenvalue weighted by atomic mass is 16.1. The molecular formula is C7H9N3O. The predicted molar refractivity (Wildman–Crippen MR) is 43.5 cm³/mol. The van der Waals surface area contributed by atoms with Gasteiger partial charge < -0.3 is 10.3 Å². The summed E-state index contributed by atoms with van der Waals surface area (Å²) in [6.07, 6.45) is 3.24. The quantitative estimate of drug-likeness (QED) is 0.613. The highest BCUT2D eigenvalue weighted by Crippen LogP contribution is 1.93.